The Kier molecular flexibility index (Phi) is 4.44. The fourth-order valence-electron chi connectivity index (χ4n) is 1.52. The first-order chi connectivity index (χ1) is 5.84. The minimum atomic E-state index is 0.287. The van der Waals surface area contributed by atoms with Crippen LogP contribution in [0.4, 0.5) is 0 Å². The number of hydrogen-bond acceptors (Lipinski definition) is 1. The van der Waals surface area contributed by atoms with E-state index in [1.807, 2.05) is 4.90 Å². The normalized spacial score (nSPS) is 17.9. The standard InChI is InChI=1S/C9H16ClNO/c10-6-4-5-9(12)11-7-2-1-3-8-11/h1-8H2. The number of likely N-dealkylation sites (tertiary alicyclic amines) is 1. The SMILES string of the molecule is O=C(CCCCl)N1CCCCC1. The molecule has 1 aliphatic heterocycles. The molecule has 0 spiro atoms. The van der Waals surface area contributed by atoms with Crippen LogP contribution in [-0.2, 0) is 4.79 Å². The molecule has 12 heavy (non-hydrogen) atoms. The highest BCUT2D eigenvalue weighted by Crippen LogP contribution is 2.10. The van der Waals surface area contributed by atoms with Gasteiger partial charge in [-0.25, -0.2) is 0 Å². The van der Waals surface area contributed by atoms with Crippen LogP contribution in [0.25, 0.3) is 0 Å². The van der Waals surface area contributed by atoms with Crippen molar-refractivity contribution < 1.29 is 4.79 Å². The highest BCUT2D eigenvalue weighted by atomic mass is 35.5. The third-order valence-corrected chi connectivity index (χ3v) is 2.50. The van der Waals surface area contributed by atoms with Crippen molar-refractivity contribution in [3.05, 3.63) is 0 Å². The summed E-state index contributed by atoms with van der Waals surface area (Å²) in [5.41, 5.74) is 0. The largest absolute Gasteiger partial charge is 0.343 e. The lowest BCUT2D eigenvalue weighted by Crippen LogP contribution is -2.35. The van der Waals surface area contributed by atoms with Crippen molar-refractivity contribution in [3.8, 4) is 0 Å². The molecule has 0 saturated carbocycles. The van der Waals surface area contributed by atoms with E-state index in [1.165, 1.54) is 19.3 Å². The van der Waals surface area contributed by atoms with Crippen molar-refractivity contribution in [1.29, 1.82) is 0 Å². The molecule has 70 valence electrons. The number of amides is 1. The molecule has 0 aromatic heterocycles. The van der Waals surface area contributed by atoms with E-state index in [-0.39, 0.29) is 5.91 Å². The molecule has 1 rings (SSSR count). The van der Waals surface area contributed by atoms with Gasteiger partial charge in [0.05, 0.1) is 0 Å². The number of rotatable bonds is 3. The minimum Gasteiger partial charge on any atom is -0.343 e. The summed E-state index contributed by atoms with van der Waals surface area (Å²) in [6, 6.07) is 0. The summed E-state index contributed by atoms with van der Waals surface area (Å²) in [5, 5.41) is 0. The molecule has 0 unspecified atom stereocenters. The number of alkyl halides is 1. The van der Waals surface area contributed by atoms with Crippen LogP contribution in [0.2, 0.25) is 0 Å². The maximum atomic E-state index is 11.4. The molecule has 1 fully saturated rings. The molecule has 0 N–H and O–H groups in total. The van der Waals surface area contributed by atoms with Gasteiger partial charge in [0.15, 0.2) is 0 Å². The first-order valence-electron chi connectivity index (χ1n) is 4.68. The molecule has 0 aromatic rings. The van der Waals surface area contributed by atoms with E-state index in [0.717, 1.165) is 19.5 Å². The van der Waals surface area contributed by atoms with Gasteiger partial charge in [-0.2, -0.15) is 0 Å². The smallest absolute Gasteiger partial charge is 0.222 e. The molecule has 0 bridgehead atoms. The van der Waals surface area contributed by atoms with Gasteiger partial charge in [0.1, 0.15) is 0 Å². The Morgan fingerprint density at radius 3 is 2.50 bits per heavy atom. The van der Waals surface area contributed by atoms with Crippen molar-refractivity contribution in [3.63, 3.8) is 0 Å². The fraction of sp³-hybridized carbons (Fsp3) is 0.889. The van der Waals surface area contributed by atoms with Crippen molar-refractivity contribution in [2.75, 3.05) is 19.0 Å². The first kappa shape index (κ1) is 9.85. The quantitative estimate of drug-likeness (QED) is 0.623. The van der Waals surface area contributed by atoms with E-state index in [9.17, 15) is 4.79 Å². The van der Waals surface area contributed by atoms with Crippen LogP contribution in [0.3, 0.4) is 0 Å². The number of carbonyl (C=O) groups is 1. The van der Waals surface area contributed by atoms with Crippen LogP contribution in [-0.4, -0.2) is 29.8 Å². The van der Waals surface area contributed by atoms with Gasteiger partial charge in [-0.15, -0.1) is 11.6 Å². The lowest BCUT2D eigenvalue weighted by atomic mass is 10.1. The number of nitrogens with zero attached hydrogens (tertiary/aromatic N) is 1. The van der Waals surface area contributed by atoms with Crippen molar-refractivity contribution in [1.82, 2.24) is 4.90 Å². The Labute approximate surface area is 78.9 Å². The third kappa shape index (κ3) is 3.02. The van der Waals surface area contributed by atoms with Gasteiger partial charge in [0.2, 0.25) is 5.91 Å². The Bertz CT molecular complexity index is 143. The molecule has 2 nitrogen and oxygen atoms in total. The highest BCUT2D eigenvalue weighted by Gasteiger charge is 2.14. The molecule has 1 saturated heterocycles. The van der Waals surface area contributed by atoms with E-state index < -0.39 is 0 Å². The van der Waals surface area contributed by atoms with E-state index in [2.05, 4.69) is 0 Å². The maximum Gasteiger partial charge on any atom is 0.222 e. The summed E-state index contributed by atoms with van der Waals surface area (Å²) >= 11 is 5.51. The molecule has 0 aromatic carbocycles. The van der Waals surface area contributed by atoms with Crippen molar-refractivity contribution in [2.45, 2.75) is 32.1 Å². The Morgan fingerprint density at radius 1 is 1.25 bits per heavy atom. The van der Waals surface area contributed by atoms with Crippen LogP contribution < -0.4 is 0 Å². The first-order valence-corrected chi connectivity index (χ1v) is 5.22. The summed E-state index contributed by atoms with van der Waals surface area (Å²) in [5.74, 6) is 0.884. The summed E-state index contributed by atoms with van der Waals surface area (Å²) in [6.07, 6.45) is 5.07. The molecule has 1 heterocycles. The lowest BCUT2D eigenvalue weighted by molar-refractivity contribution is -0.132. The fourth-order valence-corrected chi connectivity index (χ4v) is 1.65. The molecular formula is C9H16ClNO. The van der Waals surface area contributed by atoms with Crippen LogP contribution in [0.5, 0.6) is 0 Å². The van der Waals surface area contributed by atoms with Crippen LogP contribution in [0.15, 0.2) is 0 Å². The van der Waals surface area contributed by atoms with Gasteiger partial charge in [0, 0.05) is 25.4 Å². The summed E-state index contributed by atoms with van der Waals surface area (Å²) in [6.45, 7) is 1.92. The van der Waals surface area contributed by atoms with Gasteiger partial charge in [-0.05, 0) is 25.7 Å². The van der Waals surface area contributed by atoms with Gasteiger partial charge in [0.25, 0.3) is 0 Å². The lowest BCUT2D eigenvalue weighted by Gasteiger charge is -2.26. The van der Waals surface area contributed by atoms with Crippen molar-refractivity contribution >= 4 is 17.5 Å². The zero-order valence-electron chi connectivity index (χ0n) is 7.39. The number of piperidine rings is 1. The molecule has 0 radical (unpaired) electrons. The molecule has 0 atom stereocenters. The van der Waals surface area contributed by atoms with Gasteiger partial charge >= 0.3 is 0 Å². The monoisotopic (exact) mass is 189 g/mol. The van der Waals surface area contributed by atoms with E-state index in [0.29, 0.717) is 12.3 Å². The van der Waals surface area contributed by atoms with Crippen molar-refractivity contribution in [2.24, 2.45) is 0 Å². The van der Waals surface area contributed by atoms with E-state index in [1.54, 1.807) is 0 Å². The van der Waals surface area contributed by atoms with Gasteiger partial charge in [-0.3, -0.25) is 4.79 Å². The Morgan fingerprint density at radius 2 is 1.92 bits per heavy atom. The zero-order valence-corrected chi connectivity index (χ0v) is 8.15. The van der Waals surface area contributed by atoms with Gasteiger partial charge < -0.3 is 4.90 Å². The van der Waals surface area contributed by atoms with E-state index >= 15 is 0 Å². The predicted octanol–water partition coefficient (Wildman–Crippen LogP) is 2.02. The zero-order chi connectivity index (χ0) is 8.81. The summed E-state index contributed by atoms with van der Waals surface area (Å²) in [7, 11) is 0. The van der Waals surface area contributed by atoms with E-state index in [4.69, 9.17) is 11.6 Å². The second kappa shape index (κ2) is 5.41. The van der Waals surface area contributed by atoms with Crippen LogP contribution in [0.1, 0.15) is 32.1 Å². The average Bonchev–Trinajstić information content (AvgIpc) is 2.15. The van der Waals surface area contributed by atoms with Gasteiger partial charge in [-0.1, -0.05) is 0 Å². The Hall–Kier alpha value is -0.240. The van der Waals surface area contributed by atoms with Crippen LogP contribution in [0, 0.1) is 0 Å². The molecule has 3 heteroatoms. The average molecular weight is 190 g/mol. The topological polar surface area (TPSA) is 20.3 Å². The predicted molar refractivity (Wildman–Crippen MR) is 50.4 cm³/mol. The highest BCUT2D eigenvalue weighted by molar-refractivity contribution is 6.17. The van der Waals surface area contributed by atoms with Crippen LogP contribution >= 0.6 is 11.6 Å². The molecule has 1 amide bonds. The second-order valence-electron chi connectivity index (χ2n) is 3.23. The number of hydrogen-bond donors (Lipinski definition) is 0. The molecular weight excluding hydrogens is 174 g/mol. The minimum absolute atomic E-state index is 0.287. The summed E-state index contributed by atoms with van der Waals surface area (Å²) in [4.78, 5) is 13.4. The maximum absolute atomic E-state index is 11.4. The molecule has 1 aliphatic rings. The summed E-state index contributed by atoms with van der Waals surface area (Å²) < 4.78 is 0. The molecule has 0 aliphatic carbocycles. The number of carbonyl (C=O) groups excluding carboxylic acids is 1. The second-order valence-corrected chi connectivity index (χ2v) is 3.61. The Balaban J connectivity index is 2.20. The number of halogens is 1. The third-order valence-electron chi connectivity index (χ3n) is 2.23.